The number of nitro benzene ring substituents is 1. The number of carbonyl (C=O) groups excluding carboxylic acids is 1. The molecule has 0 spiro atoms. The average Bonchev–Trinajstić information content (AvgIpc) is 2.45. The molecule has 6 nitrogen and oxygen atoms in total. The van der Waals surface area contributed by atoms with Crippen LogP contribution in [-0.2, 0) is 5.41 Å². The van der Waals surface area contributed by atoms with Crippen molar-refractivity contribution in [3.05, 3.63) is 39.4 Å². The average molecular weight is 305 g/mol. The van der Waals surface area contributed by atoms with Crippen molar-refractivity contribution in [1.29, 1.82) is 0 Å². The van der Waals surface area contributed by atoms with Gasteiger partial charge in [0.05, 0.1) is 4.92 Å². The zero-order chi connectivity index (χ0) is 16.5. The first kappa shape index (κ1) is 16.4. The third kappa shape index (κ3) is 3.27. The standard InChI is InChI=1S/C16H23N3O3/c1-11-10-17-7-8-18(11)15(20)12-5-6-13(16(2,3)4)14(9-12)19(21)22/h5-6,9,11,17H,7-8,10H2,1-4H3/t11-/m1/s1. The maximum absolute atomic E-state index is 12.6. The number of nitrogens with one attached hydrogen (secondary N) is 1. The van der Waals surface area contributed by atoms with E-state index in [0.29, 0.717) is 17.7 Å². The highest BCUT2D eigenvalue weighted by molar-refractivity contribution is 5.95. The van der Waals surface area contributed by atoms with Crippen molar-refractivity contribution in [2.24, 2.45) is 0 Å². The summed E-state index contributed by atoms with van der Waals surface area (Å²) in [6.45, 7) is 9.86. The number of nitro groups is 1. The van der Waals surface area contributed by atoms with Crippen LogP contribution in [0, 0.1) is 10.1 Å². The van der Waals surface area contributed by atoms with E-state index >= 15 is 0 Å². The van der Waals surface area contributed by atoms with Gasteiger partial charge in [0.1, 0.15) is 0 Å². The van der Waals surface area contributed by atoms with Crippen LogP contribution in [-0.4, -0.2) is 41.4 Å². The molecule has 6 heteroatoms. The summed E-state index contributed by atoms with van der Waals surface area (Å²) in [5.74, 6) is -0.141. The molecule has 22 heavy (non-hydrogen) atoms. The quantitative estimate of drug-likeness (QED) is 0.672. The van der Waals surface area contributed by atoms with Crippen molar-refractivity contribution in [3.63, 3.8) is 0 Å². The second-order valence-corrected chi connectivity index (χ2v) is 6.79. The molecule has 0 saturated carbocycles. The van der Waals surface area contributed by atoms with E-state index in [1.807, 2.05) is 27.7 Å². The number of rotatable bonds is 2. The summed E-state index contributed by atoms with van der Waals surface area (Å²) in [7, 11) is 0. The molecule has 1 N–H and O–H groups in total. The number of piperazine rings is 1. The van der Waals surface area contributed by atoms with Gasteiger partial charge in [-0.2, -0.15) is 0 Å². The van der Waals surface area contributed by atoms with Crippen LogP contribution in [0.5, 0.6) is 0 Å². The van der Waals surface area contributed by atoms with Gasteiger partial charge in [-0.1, -0.05) is 26.8 Å². The Hall–Kier alpha value is -1.95. The Labute approximate surface area is 130 Å². The summed E-state index contributed by atoms with van der Waals surface area (Å²) in [6.07, 6.45) is 0. The van der Waals surface area contributed by atoms with E-state index in [0.717, 1.165) is 13.1 Å². The molecule has 1 atom stereocenters. The lowest BCUT2D eigenvalue weighted by Crippen LogP contribution is -2.52. The van der Waals surface area contributed by atoms with Crippen molar-refractivity contribution in [2.75, 3.05) is 19.6 Å². The van der Waals surface area contributed by atoms with Crippen LogP contribution in [0.15, 0.2) is 18.2 Å². The van der Waals surface area contributed by atoms with Gasteiger partial charge in [0.15, 0.2) is 0 Å². The van der Waals surface area contributed by atoms with Crippen LogP contribution >= 0.6 is 0 Å². The molecule has 0 bridgehead atoms. The maximum atomic E-state index is 12.6. The van der Waals surface area contributed by atoms with Crippen molar-refractivity contribution in [3.8, 4) is 0 Å². The van der Waals surface area contributed by atoms with Crippen molar-refractivity contribution >= 4 is 11.6 Å². The number of hydrogen-bond acceptors (Lipinski definition) is 4. The largest absolute Gasteiger partial charge is 0.333 e. The van der Waals surface area contributed by atoms with Gasteiger partial charge in [0, 0.05) is 42.9 Å². The fourth-order valence-corrected chi connectivity index (χ4v) is 2.76. The number of amides is 1. The van der Waals surface area contributed by atoms with Gasteiger partial charge in [-0.15, -0.1) is 0 Å². The Morgan fingerprint density at radius 1 is 1.41 bits per heavy atom. The molecule has 1 aromatic carbocycles. The fraction of sp³-hybridized carbons (Fsp3) is 0.562. The first-order chi connectivity index (χ1) is 10.2. The first-order valence-electron chi connectivity index (χ1n) is 7.52. The molecule has 1 heterocycles. The predicted octanol–water partition coefficient (Wildman–Crippen LogP) is 2.33. The summed E-state index contributed by atoms with van der Waals surface area (Å²) < 4.78 is 0. The molecule has 1 aliphatic rings. The number of nitrogens with zero attached hydrogens (tertiary/aromatic N) is 2. The van der Waals surface area contributed by atoms with E-state index in [9.17, 15) is 14.9 Å². The molecule has 0 aromatic heterocycles. The molecule has 1 amide bonds. The third-order valence-corrected chi connectivity index (χ3v) is 4.01. The van der Waals surface area contributed by atoms with Crippen LogP contribution in [0.25, 0.3) is 0 Å². The molecule has 1 aliphatic heterocycles. The van der Waals surface area contributed by atoms with Crippen molar-refractivity contribution < 1.29 is 9.72 Å². The monoisotopic (exact) mass is 305 g/mol. The second kappa shape index (κ2) is 6.04. The SMILES string of the molecule is C[C@@H]1CNCCN1C(=O)c1ccc(C(C)(C)C)c([N+](=O)[O-])c1. The molecular formula is C16H23N3O3. The Balaban J connectivity index is 2.38. The Morgan fingerprint density at radius 3 is 2.64 bits per heavy atom. The van der Waals surface area contributed by atoms with Crippen LogP contribution in [0.1, 0.15) is 43.6 Å². The number of hydrogen-bond donors (Lipinski definition) is 1. The highest BCUT2D eigenvalue weighted by Gasteiger charge is 2.29. The van der Waals surface area contributed by atoms with Gasteiger partial charge >= 0.3 is 0 Å². The van der Waals surface area contributed by atoms with Crippen LogP contribution < -0.4 is 5.32 Å². The number of benzene rings is 1. The lowest BCUT2D eigenvalue weighted by atomic mass is 9.85. The highest BCUT2D eigenvalue weighted by atomic mass is 16.6. The topological polar surface area (TPSA) is 75.5 Å². The van der Waals surface area contributed by atoms with Gasteiger partial charge in [0.25, 0.3) is 11.6 Å². The van der Waals surface area contributed by atoms with E-state index in [-0.39, 0.29) is 23.1 Å². The molecule has 1 saturated heterocycles. The van der Waals surface area contributed by atoms with Crippen LogP contribution in [0.2, 0.25) is 0 Å². The minimum Gasteiger partial charge on any atom is -0.333 e. The zero-order valence-corrected chi connectivity index (χ0v) is 13.5. The Morgan fingerprint density at radius 2 is 2.09 bits per heavy atom. The van der Waals surface area contributed by atoms with E-state index in [1.165, 1.54) is 6.07 Å². The Bertz CT molecular complexity index is 593. The highest BCUT2D eigenvalue weighted by Crippen LogP contribution is 2.32. The van der Waals surface area contributed by atoms with Crippen molar-refractivity contribution in [1.82, 2.24) is 10.2 Å². The molecule has 1 aromatic rings. The molecule has 0 aliphatic carbocycles. The smallest absolute Gasteiger partial charge is 0.273 e. The Kier molecular flexibility index (Phi) is 4.51. The van der Waals surface area contributed by atoms with E-state index in [4.69, 9.17) is 0 Å². The fourth-order valence-electron chi connectivity index (χ4n) is 2.76. The third-order valence-electron chi connectivity index (χ3n) is 4.01. The van der Waals surface area contributed by atoms with E-state index < -0.39 is 4.92 Å². The summed E-state index contributed by atoms with van der Waals surface area (Å²) in [5, 5.41) is 14.6. The predicted molar refractivity (Wildman–Crippen MR) is 85.2 cm³/mol. The van der Waals surface area contributed by atoms with E-state index in [2.05, 4.69) is 5.32 Å². The summed E-state index contributed by atoms with van der Waals surface area (Å²) in [5.41, 5.74) is 0.698. The normalized spacial score (nSPS) is 19.1. The molecule has 0 unspecified atom stereocenters. The van der Waals surface area contributed by atoms with Gasteiger partial charge in [0.2, 0.25) is 0 Å². The number of carbonyl (C=O) groups is 1. The second-order valence-electron chi connectivity index (χ2n) is 6.79. The zero-order valence-electron chi connectivity index (χ0n) is 13.5. The minimum atomic E-state index is -0.404. The molecule has 2 rings (SSSR count). The molecule has 120 valence electrons. The van der Waals surface area contributed by atoms with Crippen LogP contribution in [0.4, 0.5) is 5.69 Å². The summed E-state index contributed by atoms with van der Waals surface area (Å²) in [6, 6.07) is 4.91. The van der Waals surface area contributed by atoms with E-state index in [1.54, 1.807) is 17.0 Å². The molecule has 0 radical (unpaired) electrons. The minimum absolute atomic E-state index is 0.0149. The van der Waals surface area contributed by atoms with Crippen LogP contribution in [0.3, 0.4) is 0 Å². The van der Waals surface area contributed by atoms with Gasteiger partial charge in [-0.05, 0) is 18.4 Å². The lowest BCUT2D eigenvalue weighted by Gasteiger charge is -2.34. The summed E-state index contributed by atoms with van der Waals surface area (Å²) in [4.78, 5) is 25.3. The van der Waals surface area contributed by atoms with Crippen molar-refractivity contribution in [2.45, 2.75) is 39.2 Å². The van der Waals surface area contributed by atoms with Gasteiger partial charge in [-0.25, -0.2) is 0 Å². The van der Waals surface area contributed by atoms with Gasteiger partial charge < -0.3 is 10.2 Å². The lowest BCUT2D eigenvalue weighted by molar-refractivity contribution is -0.386. The first-order valence-corrected chi connectivity index (χ1v) is 7.52. The van der Waals surface area contributed by atoms with Gasteiger partial charge in [-0.3, -0.25) is 14.9 Å². The molecule has 1 fully saturated rings. The molecular weight excluding hydrogens is 282 g/mol. The maximum Gasteiger partial charge on any atom is 0.273 e. The summed E-state index contributed by atoms with van der Waals surface area (Å²) >= 11 is 0.